The maximum absolute atomic E-state index is 11.4. The summed E-state index contributed by atoms with van der Waals surface area (Å²) in [6.45, 7) is 6.62. The monoisotopic (exact) mass is 229 g/mol. The molecule has 0 aromatic carbocycles. The minimum absolute atomic E-state index is 0.142. The Kier molecular flexibility index (Phi) is 9.24. The molecule has 0 spiro atoms. The van der Waals surface area contributed by atoms with E-state index in [4.69, 9.17) is 5.73 Å². The van der Waals surface area contributed by atoms with Gasteiger partial charge in [0.25, 0.3) is 0 Å². The third kappa shape index (κ3) is 9.93. The highest BCUT2D eigenvalue weighted by Gasteiger charge is 2.05. The number of nitrogens with two attached hydrogens (primary N) is 1. The van der Waals surface area contributed by atoms with Crippen molar-refractivity contribution >= 4 is 5.91 Å². The molecule has 0 atom stereocenters. The first-order valence-corrected chi connectivity index (χ1v) is 6.24. The quantitative estimate of drug-likeness (QED) is 0.579. The predicted molar refractivity (Wildman–Crippen MR) is 68.3 cm³/mol. The first-order chi connectivity index (χ1) is 7.56. The van der Waals surface area contributed by atoms with Gasteiger partial charge in [0, 0.05) is 19.0 Å². The van der Waals surface area contributed by atoms with Crippen molar-refractivity contribution in [2.24, 2.45) is 5.73 Å². The van der Waals surface area contributed by atoms with Gasteiger partial charge in [-0.25, -0.2) is 0 Å². The lowest BCUT2D eigenvalue weighted by atomic mass is 10.2. The molecule has 0 aromatic heterocycles. The van der Waals surface area contributed by atoms with Crippen LogP contribution in [0.25, 0.3) is 0 Å². The first-order valence-electron chi connectivity index (χ1n) is 6.24. The van der Waals surface area contributed by atoms with Gasteiger partial charge in [-0.15, -0.1) is 0 Å². The molecule has 3 N–H and O–H groups in total. The van der Waals surface area contributed by atoms with Gasteiger partial charge in [0.1, 0.15) is 0 Å². The van der Waals surface area contributed by atoms with Gasteiger partial charge in [-0.1, -0.05) is 6.42 Å². The molecule has 4 heteroatoms. The lowest BCUT2D eigenvalue weighted by Crippen LogP contribution is -2.33. The maximum Gasteiger partial charge on any atom is 0.221 e. The zero-order chi connectivity index (χ0) is 12.4. The zero-order valence-corrected chi connectivity index (χ0v) is 11.0. The second-order valence-corrected chi connectivity index (χ2v) is 4.62. The lowest BCUT2D eigenvalue weighted by molar-refractivity contribution is -0.121. The Hall–Kier alpha value is -0.610. The molecule has 96 valence electrons. The highest BCUT2D eigenvalue weighted by Crippen LogP contribution is 1.97. The van der Waals surface area contributed by atoms with Crippen molar-refractivity contribution in [3.8, 4) is 0 Å². The number of nitrogens with one attached hydrogen (secondary N) is 1. The third-order valence-corrected chi connectivity index (χ3v) is 2.41. The number of amides is 1. The van der Waals surface area contributed by atoms with Crippen molar-refractivity contribution in [2.75, 3.05) is 26.7 Å². The minimum atomic E-state index is 0.142. The van der Waals surface area contributed by atoms with E-state index >= 15 is 0 Å². The standard InChI is InChI=1S/C12H27N3O/c1-11(2)14-12(16)7-10-15(3)9-6-4-5-8-13/h11H,4-10,13H2,1-3H3,(H,14,16). The molecule has 0 aliphatic rings. The summed E-state index contributed by atoms with van der Waals surface area (Å²) in [5.41, 5.74) is 5.42. The van der Waals surface area contributed by atoms with Crippen LogP contribution in [0.3, 0.4) is 0 Å². The van der Waals surface area contributed by atoms with Gasteiger partial charge in [-0.3, -0.25) is 4.79 Å². The molecule has 0 heterocycles. The Bertz CT molecular complexity index is 183. The molecule has 0 saturated heterocycles. The summed E-state index contributed by atoms with van der Waals surface area (Å²) in [6, 6.07) is 0.238. The third-order valence-electron chi connectivity index (χ3n) is 2.41. The molecule has 0 rings (SSSR count). The van der Waals surface area contributed by atoms with Crippen LogP contribution in [0.1, 0.15) is 39.5 Å². The van der Waals surface area contributed by atoms with Crippen LogP contribution in [-0.2, 0) is 4.79 Å². The molecule has 1 amide bonds. The van der Waals surface area contributed by atoms with E-state index in [2.05, 4.69) is 17.3 Å². The van der Waals surface area contributed by atoms with Crippen LogP contribution in [0.2, 0.25) is 0 Å². The van der Waals surface area contributed by atoms with E-state index in [9.17, 15) is 4.79 Å². The van der Waals surface area contributed by atoms with E-state index in [0.29, 0.717) is 6.42 Å². The summed E-state index contributed by atoms with van der Waals surface area (Å²) in [5.74, 6) is 0.142. The van der Waals surface area contributed by atoms with E-state index in [0.717, 1.165) is 26.1 Å². The van der Waals surface area contributed by atoms with Gasteiger partial charge in [0.2, 0.25) is 5.91 Å². The van der Waals surface area contributed by atoms with E-state index < -0.39 is 0 Å². The molecule has 0 radical (unpaired) electrons. The molecule has 0 aliphatic carbocycles. The molecule has 0 bridgehead atoms. The Labute approximate surface area is 99.6 Å². The maximum atomic E-state index is 11.4. The van der Waals surface area contributed by atoms with Crippen LogP contribution in [0, 0.1) is 0 Å². The number of unbranched alkanes of at least 4 members (excludes halogenated alkanes) is 2. The highest BCUT2D eigenvalue weighted by atomic mass is 16.1. The molecular weight excluding hydrogens is 202 g/mol. The van der Waals surface area contributed by atoms with Crippen molar-refractivity contribution in [2.45, 2.75) is 45.6 Å². The van der Waals surface area contributed by atoms with Crippen LogP contribution in [0.15, 0.2) is 0 Å². The topological polar surface area (TPSA) is 58.4 Å². The largest absolute Gasteiger partial charge is 0.354 e. The highest BCUT2D eigenvalue weighted by molar-refractivity contribution is 5.76. The number of hydrogen-bond acceptors (Lipinski definition) is 3. The fraction of sp³-hybridized carbons (Fsp3) is 0.917. The molecule has 0 aromatic rings. The number of carbonyl (C=O) groups is 1. The predicted octanol–water partition coefficient (Wildman–Crippen LogP) is 0.962. The van der Waals surface area contributed by atoms with Gasteiger partial charge >= 0.3 is 0 Å². The molecule has 0 fully saturated rings. The second-order valence-electron chi connectivity index (χ2n) is 4.62. The second kappa shape index (κ2) is 9.60. The molecular formula is C12H27N3O. The first kappa shape index (κ1) is 15.4. The van der Waals surface area contributed by atoms with Crippen LogP contribution in [-0.4, -0.2) is 43.5 Å². The Morgan fingerprint density at radius 1 is 1.25 bits per heavy atom. The van der Waals surface area contributed by atoms with E-state index in [1.165, 1.54) is 12.8 Å². The van der Waals surface area contributed by atoms with Gasteiger partial charge in [0.15, 0.2) is 0 Å². The van der Waals surface area contributed by atoms with Gasteiger partial charge < -0.3 is 16.0 Å². The Balaban J connectivity index is 3.42. The number of carbonyl (C=O) groups excluding carboxylic acids is 1. The van der Waals surface area contributed by atoms with Crippen molar-refractivity contribution in [3.63, 3.8) is 0 Å². The molecule has 0 aliphatic heterocycles. The van der Waals surface area contributed by atoms with Crippen LogP contribution < -0.4 is 11.1 Å². The summed E-state index contributed by atoms with van der Waals surface area (Å²) in [4.78, 5) is 13.6. The SMILES string of the molecule is CC(C)NC(=O)CCN(C)CCCCCN. The summed E-state index contributed by atoms with van der Waals surface area (Å²) in [5, 5.41) is 2.89. The average molecular weight is 229 g/mol. The summed E-state index contributed by atoms with van der Waals surface area (Å²) < 4.78 is 0. The Morgan fingerprint density at radius 3 is 2.50 bits per heavy atom. The van der Waals surface area contributed by atoms with Crippen LogP contribution >= 0.6 is 0 Å². The van der Waals surface area contributed by atoms with Gasteiger partial charge in [-0.2, -0.15) is 0 Å². The summed E-state index contributed by atoms with van der Waals surface area (Å²) >= 11 is 0. The van der Waals surface area contributed by atoms with Gasteiger partial charge in [0.05, 0.1) is 0 Å². The normalized spacial score (nSPS) is 11.1. The molecule has 16 heavy (non-hydrogen) atoms. The van der Waals surface area contributed by atoms with Crippen molar-refractivity contribution in [3.05, 3.63) is 0 Å². The fourth-order valence-electron chi connectivity index (χ4n) is 1.50. The summed E-state index contributed by atoms with van der Waals surface area (Å²) in [6.07, 6.45) is 4.03. The van der Waals surface area contributed by atoms with E-state index in [-0.39, 0.29) is 11.9 Å². The number of rotatable bonds is 9. The van der Waals surface area contributed by atoms with Crippen molar-refractivity contribution in [1.29, 1.82) is 0 Å². The fourth-order valence-corrected chi connectivity index (χ4v) is 1.50. The number of nitrogens with zero attached hydrogens (tertiary/aromatic N) is 1. The van der Waals surface area contributed by atoms with Crippen molar-refractivity contribution < 1.29 is 4.79 Å². The summed E-state index contributed by atoms with van der Waals surface area (Å²) in [7, 11) is 2.06. The average Bonchev–Trinajstić information content (AvgIpc) is 2.20. The molecule has 0 saturated carbocycles. The van der Waals surface area contributed by atoms with Crippen molar-refractivity contribution in [1.82, 2.24) is 10.2 Å². The van der Waals surface area contributed by atoms with E-state index in [1.807, 2.05) is 13.8 Å². The van der Waals surface area contributed by atoms with E-state index in [1.54, 1.807) is 0 Å². The number of hydrogen-bond donors (Lipinski definition) is 2. The minimum Gasteiger partial charge on any atom is -0.354 e. The molecule has 0 unspecified atom stereocenters. The lowest BCUT2D eigenvalue weighted by Gasteiger charge is -2.16. The molecule has 4 nitrogen and oxygen atoms in total. The zero-order valence-electron chi connectivity index (χ0n) is 11.0. The van der Waals surface area contributed by atoms with Crippen LogP contribution in [0.4, 0.5) is 0 Å². The van der Waals surface area contributed by atoms with Gasteiger partial charge in [-0.05, 0) is 46.8 Å². The smallest absolute Gasteiger partial charge is 0.221 e. The Morgan fingerprint density at radius 2 is 1.94 bits per heavy atom. The van der Waals surface area contributed by atoms with Crippen LogP contribution in [0.5, 0.6) is 0 Å².